The van der Waals surface area contributed by atoms with Gasteiger partial charge in [-0.1, -0.05) is 6.07 Å². The van der Waals surface area contributed by atoms with Crippen LogP contribution < -0.4 is 5.56 Å². The fraction of sp³-hybridized carbons (Fsp3) is 0. The lowest BCUT2D eigenvalue weighted by molar-refractivity contribution is 0.609. The number of fused-ring (bicyclic) bond motifs is 1. The fourth-order valence-corrected chi connectivity index (χ4v) is 2.06. The van der Waals surface area contributed by atoms with Gasteiger partial charge in [0.05, 0.1) is 4.90 Å². The minimum absolute atomic E-state index is 0.0292. The molecule has 0 fully saturated rings. The van der Waals surface area contributed by atoms with E-state index >= 15 is 0 Å². The number of aromatic amines is 1. The molecule has 0 aliphatic carbocycles. The first-order valence-electron chi connectivity index (χ1n) is 4.04. The van der Waals surface area contributed by atoms with E-state index in [1.807, 2.05) is 0 Å². The van der Waals surface area contributed by atoms with E-state index in [0.717, 1.165) is 5.39 Å². The molecule has 0 spiro atoms. The number of hydrogen-bond acceptors (Lipinski definition) is 3. The van der Waals surface area contributed by atoms with E-state index in [1.54, 1.807) is 12.1 Å². The van der Waals surface area contributed by atoms with Crippen molar-refractivity contribution >= 4 is 30.6 Å². The Kier molecular flexibility index (Phi) is 2.28. The third-order valence-electron chi connectivity index (χ3n) is 1.98. The summed E-state index contributed by atoms with van der Waals surface area (Å²) in [4.78, 5) is 13.5. The third-order valence-corrected chi connectivity index (χ3v) is 3.33. The zero-order valence-electron chi connectivity index (χ0n) is 7.40. The topological polar surface area (TPSA) is 67.0 Å². The number of hydrogen-bond donors (Lipinski definition) is 1. The molecule has 0 radical (unpaired) electrons. The van der Waals surface area contributed by atoms with Gasteiger partial charge in [0, 0.05) is 22.3 Å². The standard InChI is InChI=1S/C9H6ClNO3S/c10-15(13,14)7-3-1-6-2-4-9(12)11-8(6)5-7/h1-5H,(H,11,12). The Morgan fingerprint density at radius 2 is 1.80 bits per heavy atom. The highest BCUT2D eigenvalue weighted by Gasteiger charge is 2.10. The molecule has 0 saturated heterocycles. The third kappa shape index (κ3) is 2.03. The molecule has 0 amide bonds. The van der Waals surface area contributed by atoms with Crippen LogP contribution >= 0.6 is 10.7 Å². The Balaban J connectivity index is 2.81. The van der Waals surface area contributed by atoms with Crippen molar-refractivity contribution in [2.75, 3.05) is 0 Å². The van der Waals surface area contributed by atoms with Crippen molar-refractivity contribution in [2.45, 2.75) is 4.90 Å². The van der Waals surface area contributed by atoms with Crippen molar-refractivity contribution in [3.63, 3.8) is 0 Å². The van der Waals surface area contributed by atoms with Crippen molar-refractivity contribution in [3.05, 3.63) is 40.7 Å². The molecule has 4 nitrogen and oxygen atoms in total. The summed E-state index contributed by atoms with van der Waals surface area (Å²) < 4.78 is 22.1. The number of H-pyrrole nitrogens is 1. The Morgan fingerprint density at radius 1 is 1.13 bits per heavy atom. The van der Waals surface area contributed by atoms with Gasteiger partial charge in [0.1, 0.15) is 0 Å². The minimum Gasteiger partial charge on any atom is -0.322 e. The molecule has 0 atom stereocenters. The molecule has 0 aliphatic rings. The highest BCUT2D eigenvalue weighted by Crippen LogP contribution is 2.19. The summed E-state index contributed by atoms with van der Waals surface area (Å²) in [6.07, 6.45) is 0. The summed E-state index contributed by atoms with van der Waals surface area (Å²) in [5.41, 5.74) is 0.163. The quantitative estimate of drug-likeness (QED) is 0.771. The van der Waals surface area contributed by atoms with Crippen LogP contribution in [0, 0.1) is 0 Å². The molecule has 78 valence electrons. The van der Waals surface area contributed by atoms with Crippen LogP contribution in [0.3, 0.4) is 0 Å². The first kappa shape index (κ1) is 10.2. The molecule has 15 heavy (non-hydrogen) atoms. The zero-order chi connectivity index (χ0) is 11.1. The maximum absolute atomic E-state index is 11.0. The lowest BCUT2D eigenvalue weighted by Gasteiger charge is -1.99. The average Bonchev–Trinajstić information content (AvgIpc) is 2.15. The molecule has 0 bridgehead atoms. The molecule has 0 saturated carbocycles. The van der Waals surface area contributed by atoms with E-state index in [2.05, 4.69) is 4.98 Å². The van der Waals surface area contributed by atoms with Crippen LogP contribution in [0.5, 0.6) is 0 Å². The molecule has 2 rings (SSSR count). The summed E-state index contributed by atoms with van der Waals surface area (Å²) in [7, 11) is 1.42. The number of pyridine rings is 1. The number of benzene rings is 1. The van der Waals surface area contributed by atoms with Gasteiger partial charge in [0.15, 0.2) is 0 Å². The highest BCUT2D eigenvalue weighted by atomic mass is 35.7. The van der Waals surface area contributed by atoms with E-state index in [-0.39, 0.29) is 10.5 Å². The van der Waals surface area contributed by atoms with Gasteiger partial charge < -0.3 is 4.98 Å². The van der Waals surface area contributed by atoms with E-state index in [4.69, 9.17) is 10.7 Å². The summed E-state index contributed by atoms with van der Waals surface area (Å²) in [5.74, 6) is 0. The fourth-order valence-electron chi connectivity index (χ4n) is 1.28. The summed E-state index contributed by atoms with van der Waals surface area (Å²) in [6.45, 7) is 0. The summed E-state index contributed by atoms with van der Waals surface area (Å²) in [5, 5.41) is 0.749. The maximum atomic E-state index is 11.0. The molecule has 1 N–H and O–H groups in total. The molecule has 1 aromatic carbocycles. The zero-order valence-corrected chi connectivity index (χ0v) is 8.97. The van der Waals surface area contributed by atoms with Crippen molar-refractivity contribution in [1.29, 1.82) is 0 Å². The predicted octanol–water partition coefficient (Wildman–Crippen LogP) is 1.46. The average molecular weight is 244 g/mol. The second kappa shape index (κ2) is 3.36. The van der Waals surface area contributed by atoms with Gasteiger partial charge in [-0.2, -0.15) is 0 Å². The lowest BCUT2D eigenvalue weighted by atomic mass is 10.2. The number of halogens is 1. The Labute approximate surface area is 89.9 Å². The molecule has 1 heterocycles. The van der Waals surface area contributed by atoms with E-state index in [9.17, 15) is 13.2 Å². The van der Waals surface area contributed by atoms with E-state index in [0.29, 0.717) is 5.52 Å². The summed E-state index contributed by atoms with van der Waals surface area (Å²) in [6, 6.07) is 7.29. The molecular formula is C9H6ClNO3S. The van der Waals surface area contributed by atoms with E-state index < -0.39 is 9.05 Å². The monoisotopic (exact) mass is 243 g/mol. The van der Waals surface area contributed by atoms with Crippen LogP contribution in [0.4, 0.5) is 0 Å². The van der Waals surface area contributed by atoms with Crippen LogP contribution in [0.25, 0.3) is 10.9 Å². The van der Waals surface area contributed by atoms with Crippen LogP contribution in [0.2, 0.25) is 0 Å². The predicted molar refractivity (Wildman–Crippen MR) is 57.6 cm³/mol. The molecule has 6 heteroatoms. The van der Waals surface area contributed by atoms with Gasteiger partial charge in [-0.05, 0) is 23.6 Å². The van der Waals surface area contributed by atoms with Crippen molar-refractivity contribution in [1.82, 2.24) is 4.98 Å². The SMILES string of the molecule is O=c1ccc2ccc(S(=O)(=O)Cl)cc2[nH]1. The smallest absolute Gasteiger partial charge is 0.261 e. The molecular weight excluding hydrogens is 238 g/mol. The van der Waals surface area contributed by atoms with Crippen LogP contribution in [0.1, 0.15) is 0 Å². The van der Waals surface area contributed by atoms with Gasteiger partial charge in [-0.25, -0.2) is 8.42 Å². The number of rotatable bonds is 1. The van der Waals surface area contributed by atoms with Crippen molar-refractivity contribution in [3.8, 4) is 0 Å². The molecule has 1 aromatic heterocycles. The first-order chi connectivity index (χ1) is 6.97. The number of nitrogens with one attached hydrogen (secondary N) is 1. The molecule has 2 aromatic rings. The van der Waals surface area contributed by atoms with Crippen molar-refractivity contribution < 1.29 is 8.42 Å². The number of aromatic nitrogens is 1. The minimum atomic E-state index is -3.76. The van der Waals surface area contributed by atoms with Gasteiger partial charge >= 0.3 is 0 Å². The maximum Gasteiger partial charge on any atom is 0.261 e. The van der Waals surface area contributed by atoms with Gasteiger partial charge in [0.2, 0.25) is 5.56 Å². The van der Waals surface area contributed by atoms with Gasteiger partial charge in [0.25, 0.3) is 9.05 Å². The van der Waals surface area contributed by atoms with Gasteiger partial charge in [-0.3, -0.25) is 4.79 Å². The first-order valence-corrected chi connectivity index (χ1v) is 6.35. The Hall–Kier alpha value is -1.33. The van der Waals surface area contributed by atoms with Crippen LogP contribution in [-0.2, 0) is 9.05 Å². The highest BCUT2D eigenvalue weighted by molar-refractivity contribution is 8.13. The van der Waals surface area contributed by atoms with Crippen LogP contribution in [-0.4, -0.2) is 13.4 Å². The Morgan fingerprint density at radius 3 is 2.47 bits per heavy atom. The van der Waals surface area contributed by atoms with Crippen LogP contribution in [0.15, 0.2) is 40.0 Å². The Bertz CT molecular complexity index is 675. The normalized spacial score (nSPS) is 11.8. The van der Waals surface area contributed by atoms with Gasteiger partial charge in [-0.15, -0.1) is 0 Å². The second-order valence-electron chi connectivity index (χ2n) is 3.01. The molecule has 0 unspecified atom stereocenters. The molecule has 0 aliphatic heterocycles. The second-order valence-corrected chi connectivity index (χ2v) is 5.58. The van der Waals surface area contributed by atoms with E-state index in [1.165, 1.54) is 18.2 Å². The lowest BCUT2D eigenvalue weighted by Crippen LogP contribution is -2.02. The largest absolute Gasteiger partial charge is 0.322 e. The summed E-state index contributed by atoms with van der Waals surface area (Å²) >= 11 is 0. The van der Waals surface area contributed by atoms with Crippen molar-refractivity contribution in [2.24, 2.45) is 0 Å².